The fourth-order valence-electron chi connectivity index (χ4n) is 2.15. The van der Waals surface area contributed by atoms with Crippen molar-refractivity contribution in [1.29, 1.82) is 0 Å². The number of thiophene rings is 1. The van der Waals surface area contributed by atoms with Crippen molar-refractivity contribution in [2.45, 2.75) is 6.42 Å². The lowest BCUT2D eigenvalue weighted by Gasteiger charge is -2.05. The third-order valence-corrected chi connectivity index (χ3v) is 4.10. The van der Waals surface area contributed by atoms with E-state index in [1.807, 2.05) is 72.1 Å². The molecule has 0 saturated heterocycles. The summed E-state index contributed by atoms with van der Waals surface area (Å²) in [5.41, 5.74) is 2.72. The van der Waals surface area contributed by atoms with Gasteiger partial charge >= 0.3 is 0 Å². The number of amides is 1. The standard InChI is InChI=1S/C19H16N2OS/c22-19(14-18-8-4-12-23-18)21-17-7-3-5-15(13-17)9-10-16-6-1-2-11-20-16/h1-13H,14H2,(H,21,22)/b10-9+. The molecule has 0 radical (unpaired) electrons. The monoisotopic (exact) mass is 320 g/mol. The summed E-state index contributed by atoms with van der Waals surface area (Å²) in [5, 5.41) is 4.91. The lowest BCUT2D eigenvalue weighted by Crippen LogP contribution is -2.13. The summed E-state index contributed by atoms with van der Waals surface area (Å²) < 4.78 is 0. The van der Waals surface area contributed by atoms with Crippen molar-refractivity contribution in [1.82, 2.24) is 4.98 Å². The van der Waals surface area contributed by atoms with E-state index in [4.69, 9.17) is 0 Å². The molecule has 23 heavy (non-hydrogen) atoms. The number of anilines is 1. The highest BCUT2D eigenvalue weighted by atomic mass is 32.1. The van der Waals surface area contributed by atoms with Crippen LogP contribution in [-0.4, -0.2) is 10.9 Å². The van der Waals surface area contributed by atoms with E-state index in [1.165, 1.54) is 0 Å². The normalized spacial score (nSPS) is 10.8. The van der Waals surface area contributed by atoms with E-state index in [9.17, 15) is 4.79 Å². The Morgan fingerprint density at radius 2 is 2.04 bits per heavy atom. The Morgan fingerprint density at radius 3 is 2.83 bits per heavy atom. The van der Waals surface area contributed by atoms with E-state index >= 15 is 0 Å². The van der Waals surface area contributed by atoms with Crippen LogP contribution in [0.15, 0.2) is 66.2 Å². The van der Waals surface area contributed by atoms with Gasteiger partial charge in [-0.25, -0.2) is 0 Å². The third kappa shape index (κ3) is 4.63. The Balaban J connectivity index is 1.65. The summed E-state index contributed by atoms with van der Waals surface area (Å²) in [6, 6.07) is 17.5. The van der Waals surface area contributed by atoms with Crippen LogP contribution in [0.1, 0.15) is 16.1 Å². The fourth-order valence-corrected chi connectivity index (χ4v) is 2.86. The average molecular weight is 320 g/mol. The number of hydrogen-bond acceptors (Lipinski definition) is 3. The first-order valence-electron chi connectivity index (χ1n) is 7.31. The average Bonchev–Trinajstić information content (AvgIpc) is 3.07. The van der Waals surface area contributed by atoms with Gasteiger partial charge in [0.05, 0.1) is 12.1 Å². The Hall–Kier alpha value is -2.72. The Bertz CT molecular complexity index is 795. The number of nitrogens with one attached hydrogen (secondary N) is 1. The molecule has 0 unspecified atom stereocenters. The van der Waals surface area contributed by atoms with Crippen molar-refractivity contribution in [3.05, 3.63) is 82.3 Å². The summed E-state index contributed by atoms with van der Waals surface area (Å²) in [4.78, 5) is 17.4. The first-order valence-corrected chi connectivity index (χ1v) is 8.19. The lowest BCUT2D eigenvalue weighted by molar-refractivity contribution is -0.115. The van der Waals surface area contributed by atoms with E-state index in [1.54, 1.807) is 17.5 Å². The molecular weight excluding hydrogens is 304 g/mol. The predicted molar refractivity (Wildman–Crippen MR) is 96.3 cm³/mol. The summed E-state index contributed by atoms with van der Waals surface area (Å²) in [5.74, 6) is -0.00157. The molecule has 0 aliphatic heterocycles. The zero-order chi connectivity index (χ0) is 15.9. The molecule has 1 amide bonds. The van der Waals surface area contributed by atoms with Crippen molar-refractivity contribution in [3.8, 4) is 0 Å². The minimum atomic E-state index is -0.00157. The fraction of sp³-hybridized carbons (Fsp3) is 0.0526. The van der Waals surface area contributed by atoms with Crippen molar-refractivity contribution in [3.63, 3.8) is 0 Å². The number of pyridine rings is 1. The maximum absolute atomic E-state index is 12.0. The smallest absolute Gasteiger partial charge is 0.229 e. The van der Waals surface area contributed by atoms with Crippen molar-refractivity contribution in [2.75, 3.05) is 5.32 Å². The van der Waals surface area contributed by atoms with Crippen LogP contribution in [0.2, 0.25) is 0 Å². The molecule has 1 aromatic carbocycles. The van der Waals surface area contributed by atoms with E-state index in [2.05, 4.69) is 10.3 Å². The molecule has 0 atom stereocenters. The van der Waals surface area contributed by atoms with E-state index in [0.717, 1.165) is 21.8 Å². The maximum atomic E-state index is 12.0. The van der Waals surface area contributed by atoms with Gasteiger partial charge in [0, 0.05) is 16.8 Å². The quantitative estimate of drug-likeness (QED) is 0.752. The minimum absolute atomic E-state index is 0.00157. The van der Waals surface area contributed by atoms with Gasteiger partial charge in [0.15, 0.2) is 0 Å². The highest BCUT2D eigenvalue weighted by Crippen LogP contribution is 2.15. The first kappa shape index (κ1) is 15.2. The van der Waals surface area contributed by atoms with E-state index < -0.39 is 0 Å². The molecule has 1 N–H and O–H groups in total. The number of carbonyl (C=O) groups is 1. The number of nitrogens with zero attached hydrogens (tertiary/aromatic N) is 1. The molecule has 0 spiro atoms. The maximum Gasteiger partial charge on any atom is 0.229 e. The van der Waals surface area contributed by atoms with Gasteiger partial charge in [0.2, 0.25) is 5.91 Å². The molecule has 0 saturated carbocycles. The van der Waals surface area contributed by atoms with Crippen LogP contribution in [0.4, 0.5) is 5.69 Å². The topological polar surface area (TPSA) is 42.0 Å². The van der Waals surface area contributed by atoms with Gasteiger partial charge in [-0.05, 0) is 47.4 Å². The SMILES string of the molecule is O=C(Cc1cccs1)Nc1cccc(/C=C/c2ccccn2)c1. The van der Waals surface area contributed by atoms with Crippen LogP contribution in [0.3, 0.4) is 0 Å². The number of aromatic nitrogens is 1. The van der Waals surface area contributed by atoms with Gasteiger partial charge in [-0.15, -0.1) is 11.3 Å². The van der Waals surface area contributed by atoms with Gasteiger partial charge in [-0.1, -0.05) is 30.3 Å². The Kier molecular flexibility index (Phi) is 4.96. The van der Waals surface area contributed by atoms with Crippen LogP contribution in [-0.2, 0) is 11.2 Å². The second-order valence-corrected chi connectivity index (χ2v) is 6.05. The molecule has 2 aromatic heterocycles. The summed E-state index contributed by atoms with van der Waals surface area (Å²) in [7, 11) is 0. The molecule has 0 fully saturated rings. The Labute approximate surface area is 139 Å². The van der Waals surface area contributed by atoms with Crippen LogP contribution in [0.5, 0.6) is 0 Å². The molecule has 4 heteroatoms. The van der Waals surface area contributed by atoms with Crippen LogP contribution < -0.4 is 5.32 Å². The van der Waals surface area contributed by atoms with E-state index in [-0.39, 0.29) is 5.91 Å². The Morgan fingerprint density at radius 1 is 1.09 bits per heavy atom. The van der Waals surface area contributed by atoms with Gasteiger partial charge in [-0.2, -0.15) is 0 Å². The zero-order valence-electron chi connectivity index (χ0n) is 12.5. The number of benzene rings is 1. The van der Waals surface area contributed by atoms with Crippen molar-refractivity contribution < 1.29 is 4.79 Å². The molecule has 3 aromatic rings. The van der Waals surface area contributed by atoms with Crippen molar-refractivity contribution in [2.24, 2.45) is 0 Å². The highest BCUT2D eigenvalue weighted by Gasteiger charge is 2.04. The number of carbonyl (C=O) groups excluding carboxylic acids is 1. The summed E-state index contributed by atoms with van der Waals surface area (Å²) in [6.45, 7) is 0. The predicted octanol–water partition coefficient (Wildman–Crippen LogP) is 4.49. The lowest BCUT2D eigenvalue weighted by atomic mass is 10.1. The zero-order valence-corrected chi connectivity index (χ0v) is 13.3. The summed E-state index contributed by atoms with van der Waals surface area (Å²) in [6.07, 6.45) is 6.11. The van der Waals surface area contributed by atoms with Crippen molar-refractivity contribution >= 4 is 35.1 Å². The largest absolute Gasteiger partial charge is 0.326 e. The van der Waals surface area contributed by atoms with Crippen LogP contribution >= 0.6 is 11.3 Å². The second kappa shape index (κ2) is 7.51. The molecular formula is C19H16N2OS. The van der Waals surface area contributed by atoms with Gasteiger partial charge in [0.25, 0.3) is 0 Å². The molecule has 114 valence electrons. The molecule has 3 rings (SSSR count). The molecule has 3 nitrogen and oxygen atoms in total. The minimum Gasteiger partial charge on any atom is -0.326 e. The second-order valence-electron chi connectivity index (χ2n) is 5.02. The molecule has 0 aliphatic carbocycles. The summed E-state index contributed by atoms with van der Waals surface area (Å²) >= 11 is 1.59. The number of hydrogen-bond donors (Lipinski definition) is 1. The molecule has 0 aliphatic rings. The van der Waals surface area contributed by atoms with Crippen LogP contribution in [0, 0.1) is 0 Å². The highest BCUT2D eigenvalue weighted by molar-refractivity contribution is 7.10. The molecule has 0 bridgehead atoms. The van der Waals surface area contributed by atoms with Gasteiger partial charge in [-0.3, -0.25) is 9.78 Å². The van der Waals surface area contributed by atoms with Crippen LogP contribution in [0.25, 0.3) is 12.2 Å². The molecule has 2 heterocycles. The first-order chi connectivity index (χ1) is 11.3. The van der Waals surface area contributed by atoms with E-state index in [0.29, 0.717) is 6.42 Å². The third-order valence-electron chi connectivity index (χ3n) is 3.22. The van der Waals surface area contributed by atoms with Gasteiger partial charge in [0.1, 0.15) is 0 Å². The number of rotatable bonds is 5. The van der Waals surface area contributed by atoms with Gasteiger partial charge < -0.3 is 5.32 Å².